The van der Waals surface area contributed by atoms with Crippen molar-refractivity contribution in [1.29, 1.82) is 0 Å². The third-order valence-corrected chi connectivity index (χ3v) is 4.64. The molecule has 1 heterocycles. The normalized spacial score (nSPS) is 10.9. The van der Waals surface area contributed by atoms with Crippen LogP contribution >= 0.6 is 22.9 Å². The van der Waals surface area contributed by atoms with Crippen molar-refractivity contribution in [1.82, 2.24) is 10.3 Å². The van der Waals surface area contributed by atoms with Gasteiger partial charge in [0.05, 0.1) is 28.5 Å². The minimum absolute atomic E-state index is 0.801. The number of benzene rings is 1. The van der Waals surface area contributed by atoms with E-state index in [1.54, 1.807) is 11.3 Å². The highest BCUT2D eigenvalue weighted by molar-refractivity contribution is 7.09. The molecule has 0 unspecified atom stereocenters. The average molecular weight is 324 g/mol. The molecule has 3 nitrogen and oxygen atoms in total. The minimum atomic E-state index is 0.801. The monoisotopic (exact) mass is 323 g/mol. The molecular weight excluding hydrogens is 302 g/mol. The first-order chi connectivity index (χ1) is 10.1. The van der Waals surface area contributed by atoms with Gasteiger partial charge in [-0.15, -0.1) is 11.3 Å². The van der Waals surface area contributed by atoms with E-state index < -0.39 is 0 Å². The lowest BCUT2D eigenvalue weighted by Crippen LogP contribution is -2.21. The SMILES string of the molecule is CCCNCc1cccc(Cl)c1N(C)Cc1scnc1C. The van der Waals surface area contributed by atoms with Gasteiger partial charge < -0.3 is 10.2 Å². The summed E-state index contributed by atoms with van der Waals surface area (Å²) in [4.78, 5) is 7.81. The molecule has 0 amide bonds. The number of anilines is 1. The molecule has 1 N–H and O–H groups in total. The number of aromatic nitrogens is 1. The van der Waals surface area contributed by atoms with E-state index in [9.17, 15) is 0 Å². The van der Waals surface area contributed by atoms with Gasteiger partial charge in [0, 0.05) is 18.5 Å². The van der Waals surface area contributed by atoms with Crippen LogP contribution in [0.2, 0.25) is 5.02 Å². The Morgan fingerprint density at radius 1 is 1.38 bits per heavy atom. The van der Waals surface area contributed by atoms with E-state index in [1.165, 1.54) is 10.4 Å². The second kappa shape index (κ2) is 7.78. The van der Waals surface area contributed by atoms with Gasteiger partial charge in [0.2, 0.25) is 0 Å². The quantitative estimate of drug-likeness (QED) is 0.772. The van der Waals surface area contributed by atoms with Crippen LogP contribution < -0.4 is 10.2 Å². The number of halogens is 1. The number of aryl methyl sites for hydroxylation is 1. The molecule has 1 aromatic carbocycles. The Bertz CT molecular complexity index is 583. The molecule has 5 heteroatoms. The number of nitrogens with zero attached hydrogens (tertiary/aromatic N) is 2. The summed E-state index contributed by atoms with van der Waals surface area (Å²) in [5.41, 5.74) is 5.34. The van der Waals surface area contributed by atoms with Crippen molar-refractivity contribution in [3.63, 3.8) is 0 Å². The molecule has 114 valence electrons. The zero-order valence-electron chi connectivity index (χ0n) is 12.8. The molecule has 0 radical (unpaired) electrons. The molecule has 0 fully saturated rings. The van der Waals surface area contributed by atoms with Crippen molar-refractivity contribution in [2.24, 2.45) is 0 Å². The van der Waals surface area contributed by atoms with E-state index in [1.807, 2.05) is 17.6 Å². The maximum absolute atomic E-state index is 6.44. The fourth-order valence-corrected chi connectivity index (χ4v) is 3.47. The molecule has 0 atom stereocenters. The molecule has 1 aromatic heterocycles. The maximum Gasteiger partial charge on any atom is 0.0798 e. The Morgan fingerprint density at radius 2 is 2.19 bits per heavy atom. The van der Waals surface area contributed by atoms with Crippen LogP contribution in [0.15, 0.2) is 23.7 Å². The Balaban J connectivity index is 2.18. The lowest BCUT2D eigenvalue weighted by molar-refractivity contribution is 0.674. The fourth-order valence-electron chi connectivity index (χ4n) is 2.30. The van der Waals surface area contributed by atoms with E-state index >= 15 is 0 Å². The largest absolute Gasteiger partial charge is 0.368 e. The predicted molar refractivity (Wildman–Crippen MR) is 92.4 cm³/mol. The van der Waals surface area contributed by atoms with Crippen molar-refractivity contribution in [3.8, 4) is 0 Å². The Labute approximate surface area is 136 Å². The van der Waals surface area contributed by atoms with Crippen LogP contribution in [0.25, 0.3) is 0 Å². The van der Waals surface area contributed by atoms with Crippen molar-refractivity contribution in [3.05, 3.63) is 44.9 Å². The molecule has 0 saturated carbocycles. The highest BCUT2D eigenvalue weighted by Crippen LogP contribution is 2.31. The summed E-state index contributed by atoms with van der Waals surface area (Å²) in [5.74, 6) is 0. The van der Waals surface area contributed by atoms with E-state index in [2.05, 4.69) is 42.2 Å². The molecule has 2 aromatic rings. The van der Waals surface area contributed by atoms with Gasteiger partial charge >= 0.3 is 0 Å². The summed E-state index contributed by atoms with van der Waals surface area (Å²) in [6.07, 6.45) is 1.13. The fraction of sp³-hybridized carbons (Fsp3) is 0.438. The third kappa shape index (κ3) is 4.19. The average Bonchev–Trinajstić information content (AvgIpc) is 2.84. The summed E-state index contributed by atoms with van der Waals surface area (Å²) >= 11 is 8.13. The lowest BCUT2D eigenvalue weighted by Gasteiger charge is -2.23. The Morgan fingerprint density at radius 3 is 2.86 bits per heavy atom. The molecule has 0 spiro atoms. The third-order valence-electron chi connectivity index (χ3n) is 3.42. The van der Waals surface area contributed by atoms with Crippen LogP contribution in [0, 0.1) is 6.92 Å². The van der Waals surface area contributed by atoms with Crippen molar-refractivity contribution < 1.29 is 0 Å². The van der Waals surface area contributed by atoms with Crippen LogP contribution in [0.1, 0.15) is 29.5 Å². The first-order valence-corrected chi connectivity index (χ1v) is 8.47. The van der Waals surface area contributed by atoms with E-state index in [4.69, 9.17) is 11.6 Å². The molecule has 0 aliphatic carbocycles. The van der Waals surface area contributed by atoms with E-state index in [0.717, 1.165) is 42.5 Å². The molecular formula is C16H22ClN3S. The van der Waals surface area contributed by atoms with Gasteiger partial charge in [0.1, 0.15) is 0 Å². The molecule has 0 aliphatic rings. The maximum atomic E-state index is 6.44. The van der Waals surface area contributed by atoms with E-state index in [0.29, 0.717) is 0 Å². The van der Waals surface area contributed by atoms with Crippen LogP contribution in [0.3, 0.4) is 0 Å². The first-order valence-electron chi connectivity index (χ1n) is 7.21. The van der Waals surface area contributed by atoms with Crippen LogP contribution in [0.5, 0.6) is 0 Å². The number of hydrogen-bond acceptors (Lipinski definition) is 4. The summed E-state index contributed by atoms with van der Waals surface area (Å²) in [5, 5.41) is 4.25. The number of rotatable bonds is 7. The zero-order valence-corrected chi connectivity index (χ0v) is 14.4. The molecule has 21 heavy (non-hydrogen) atoms. The van der Waals surface area contributed by atoms with Crippen molar-refractivity contribution in [2.45, 2.75) is 33.4 Å². The van der Waals surface area contributed by atoms with Gasteiger partial charge in [-0.05, 0) is 31.5 Å². The van der Waals surface area contributed by atoms with E-state index in [-0.39, 0.29) is 0 Å². The van der Waals surface area contributed by atoms with Crippen LogP contribution in [-0.2, 0) is 13.1 Å². The van der Waals surface area contributed by atoms with Crippen LogP contribution in [-0.4, -0.2) is 18.6 Å². The predicted octanol–water partition coefficient (Wildman–Crippen LogP) is 4.24. The number of para-hydroxylation sites is 1. The van der Waals surface area contributed by atoms with Gasteiger partial charge in [-0.2, -0.15) is 0 Å². The second-order valence-corrected chi connectivity index (χ2v) is 6.49. The summed E-state index contributed by atoms with van der Waals surface area (Å²) in [6, 6.07) is 6.11. The highest BCUT2D eigenvalue weighted by Gasteiger charge is 2.13. The van der Waals surface area contributed by atoms with Gasteiger partial charge in [-0.1, -0.05) is 30.7 Å². The Kier molecular flexibility index (Phi) is 6.03. The first kappa shape index (κ1) is 16.3. The summed E-state index contributed by atoms with van der Waals surface area (Å²) < 4.78 is 0. The van der Waals surface area contributed by atoms with Crippen LogP contribution in [0.4, 0.5) is 5.69 Å². The standard InChI is InChI=1S/C16H22ClN3S/c1-4-8-18-9-13-6-5-7-14(17)16(13)20(3)10-15-12(2)19-11-21-15/h5-7,11,18H,4,8-10H2,1-3H3. The summed E-state index contributed by atoms with van der Waals surface area (Å²) in [7, 11) is 2.09. The molecule has 0 aliphatic heterocycles. The highest BCUT2D eigenvalue weighted by atomic mass is 35.5. The number of hydrogen-bond donors (Lipinski definition) is 1. The van der Waals surface area contributed by atoms with Gasteiger partial charge in [0.15, 0.2) is 0 Å². The van der Waals surface area contributed by atoms with Gasteiger partial charge in [-0.3, -0.25) is 0 Å². The van der Waals surface area contributed by atoms with Gasteiger partial charge in [-0.25, -0.2) is 4.98 Å². The minimum Gasteiger partial charge on any atom is -0.368 e. The number of nitrogens with one attached hydrogen (secondary N) is 1. The Hall–Kier alpha value is -1.10. The molecule has 2 rings (SSSR count). The lowest BCUT2D eigenvalue weighted by atomic mass is 10.1. The second-order valence-electron chi connectivity index (χ2n) is 5.14. The van der Waals surface area contributed by atoms with Crippen molar-refractivity contribution in [2.75, 3.05) is 18.5 Å². The molecule has 0 bridgehead atoms. The molecule has 0 saturated heterocycles. The topological polar surface area (TPSA) is 28.2 Å². The van der Waals surface area contributed by atoms with Crippen molar-refractivity contribution >= 4 is 28.6 Å². The number of thiazole rings is 1. The smallest absolute Gasteiger partial charge is 0.0798 e. The van der Waals surface area contributed by atoms with Gasteiger partial charge in [0.25, 0.3) is 0 Å². The zero-order chi connectivity index (χ0) is 15.2. The summed E-state index contributed by atoms with van der Waals surface area (Å²) in [6.45, 7) is 6.92.